The summed E-state index contributed by atoms with van der Waals surface area (Å²) in [5, 5.41) is 12.4. The number of carbonyl (C=O) groups is 1. The molecule has 0 unspecified atom stereocenters. The first-order valence-electron chi connectivity index (χ1n) is 7.50. The van der Waals surface area contributed by atoms with E-state index in [9.17, 15) is 9.90 Å². The zero-order chi connectivity index (χ0) is 15.2. The summed E-state index contributed by atoms with van der Waals surface area (Å²) in [4.78, 5) is 16.4. The van der Waals surface area contributed by atoms with E-state index < -0.39 is 5.97 Å². The van der Waals surface area contributed by atoms with Gasteiger partial charge in [0.2, 0.25) is 0 Å². The van der Waals surface area contributed by atoms with Gasteiger partial charge in [-0.3, -0.25) is 4.98 Å². The van der Waals surface area contributed by atoms with Crippen LogP contribution in [0, 0.1) is 11.3 Å². The summed E-state index contributed by atoms with van der Waals surface area (Å²) in [6, 6.07) is 7.45. The minimum Gasteiger partial charge on any atom is -0.545 e. The molecule has 1 aliphatic rings. The lowest BCUT2D eigenvalue weighted by atomic mass is 9.70. The van der Waals surface area contributed by atoms with Gasteiger partial charge in [-0.25, -0.2) is 0 Å². The third-order valence-electron chi connectivity index (χ3n) is 4.69. The summed E-state index contributed by atoms with van der Waals surface area (Å²) in [6.45, 7) is 6.65. The Morgan fingerprint density at radius 3 is 2.67 bits per heavy atom. The molecule has 0 amide bonds. The van der Waals surface area contributed by atoms with Crippen LogP contribution in [0.4, 0.5) is 0 Å². The molecular formula is C18H20NO2-. The van der Waals surface area contributed by atoms with Crippen LogP contribution in [0.1, 0.15) is 48.8 Å². The Kier molecular flexibility index (Phi) is 3.23. The number of nitrogens with zero attached hydrogens (tertiary/aromatic N) is 1. The summed E-state index contributed by atoms with van der Waals surface area (Å²) < 4.78 is 0. The smallest absolute Gasteiger partial charge is 0.0725 e. The third kappa shape index (κ3) is 2.41. The number of hydrogen-bond acceptors (Lipinski definition) is 3. The van der Waals surface area contributed by atoms with E-state index in [1.807, 2.05) is 24.3 Å². The molecule has 3 heteroatoms. The van der Waals surface area contributed by atoms with Crippen molar-refractivity contribution in [2.24, 2.45) is 11.3 Å². The van der Waals surface area contributed by atoms with E-state index in [1.165, 1.54) is 0 Å². The molecule has 3 rings (SSSR count). The molecule has 0 fully saturated rings. The zero-order valence-electron chi connectivity index (χ0n) is 12.8. The van der Waals surface area contributed by atoms with Crippen molar-refractivity contribution >= 4 is 16.9 Å². The fourth-order valence-corrected chi connectivity index (χ4v) is 3.36. The van der Waals surface area contributed by atoms with Crippen molar-refractivity contribution < 1.29 is 9.90 Å². The first-order valence-corrected chi connectivity index (χ1v) is 7.50. The monoisotopic (exact) mass is 282 g/mol. The van der Waals surface area contributed by atoms with Crippen molar-refractivity contribution in [2.75, 3.05) is 0 Å². The Morgan fingerprint density at radius 2 is 2.00 bits per heavy atom. The minimum atomic E-state index is -1.08. The fourth-order valence-electron chi connectivity index (χ4n) is 3.36. The molecule has 1 atom stereocenters. The highest BCUT2D eigenvalue weighted by Gasteiger charge is 2.31. The van der Waals surface area contributed by atoms with Gasteiger partial charge in [-0.2, -0.15) is 0 Å². The van der Waals surface area contributed by atoms with E-state index in [0.29, 0.717) is 16.9 Å². The molecule has 1 heterocycles. The SMILES string of the molecule is CC(C)(C)[C@H]1CCc2nc3ccccc3c(C(=O)[O-])c2C1. The van der Waals surface area contributed by atoms with Gasteiger partial charge in [0.1, 0.15) is 0 Å². The standard InChI is InChI=1S/C18H21NO2/c1-18(2,3)11-8-9-15-13(10-11)16(17(20)21)12-6-4-5-7-14(12)19-15/h4-7,11H,8-10H2,1-3H3,(H,20,21)/p-1/t11-/m0/s1. The molecule has 0 radical (unpaired) electrons. The molecule has 0 spiro atoms. The second kappa shape index (κ2) is 4.83. The van der Waals surface area contributed by atoms with Crippen LogP contribution in [0.15, 0.2) is 24.3 Å². The maximum atomic E-state index is 11.7. The lowest BCUT2D eigenvalue weighted by Gasteiger charge is -2.35. The first-order chi connectivity index (χ1) is 9.88. The van der Waals surface area contributed by atoms with E-state index in [1.54, 1.807) is 0 Å². The lowest BCUT2D eigenvalue weighted by Crippen LogP contribution is -2.31. The van der Waals surface area contributed by atoms with Crippen LogP contribution in [0.2, 0.25) is 0 Å². The molecular weight excluding hydrogens is 262 g/mol. The van der Waals surface area contributed by atoms with Gasteiger partial charge in [0.15, 0.2) is 0 Å². The topological polar surface area (TPSA) is 53.0 Å². The maximum absolute atomic E-state index is 11.7. The zero-order valence-corrected chi connectivity index (χ0v) is 12.8. The Morgan fingerprint density at radius 1 is 1.29 bits per heavy atom. The Labute approximate surface area is 125 Å². The first kappa shape index (κ1) is 14.1. The largest absolute Gasteiger partial charge is 0.545 e. The number of hydrogen-bond donors (Lipinski definition) is 0. The molecule has 3 nitrogen and oxygen atoms in total. The van der Waals surface area contributed by atoms with Crippen LogP contribution in [0.25, 0.3) is 10.9 Å². The highest BCUT2D eigenvalue weighted by atomic mass is 16.4. The van der Waals surface area contributed by atoms with Crippen LogP contribution >= 0.6 is 0 Å². The van der Waals surface area contributed by atoms with Gasteiger partial charge >= 0.3 is 0 Å². The van der Waals surface area contributed by atoms with Gasteiger partial charge in [0.25, 0.3) is 0 Å². The van der Waals surface area contributed by atoms with Crippen molar-refractivity contribution in [3.8, 4) is 0 Å². The number of fused-ring (bicyclic) bond motifs is 2. The van der Waals surface area contributed by atoms with Crippen LogP contribution in [-0.4, -0.2) is 11.0 Å². The van der Waals surface area contributed by atoms with E-state index in [-0.39, 0.29) is 5.41 Å². The van der Waals surface area contributed by atoms with Gasteiger partial charge in [-0.1, -0.05) is 39.0 Å². The van der Waals surface area contributed by atoms with Gasteiger partial charge in [-0.15, -0.1) is 0 Å². The Balaban J connectivity index is 2.22. The van der Waals surface area contributed by atoms with E-state index in [0.717, 1.165) is 36.0 Å². The fraction of sp³-hybridized carbons (Fsp3) is 0.444. The molecule has 0 N–H and O–H groups in total. The number of para-hydroxylation sites is 1. The molecule has 110 valence electrons. The van der Waals surface area contributed by atoms with Crippen molar-refractivity contribution in [2.45, 2.75) is 40.0 Å². The number of pyridine rings is 1. The number of aryl methyl sites for hydroxylation is 1. The van der Waals surface area contributed by atoms with Crippen LogP contribution in [-0.2, 0) is 12.8 Å². The number of aromatic carboxylic acids is 1. The van der Waals surface area contributed by atoms with Gasteiger partial charge in [-0.05, 0) is 42.2 Å². The number of rotatable bonds is 1. The van der Waals surface area contributed by atoms with Crippen molar-refractivity contribution in [3.63, 3.8) is 0 Å². The Hall–Kier alpha value is -1.90. The number of benzene rings is 1. The number of carboxylic acid groups (broad SMARTS) is 1. The summed E-state index contributed by atoms with van der Waals surface area (Å²) >= 11 is 0. The second-order valence-corrected chi connectivity index (χ2v) is 7.02. The lowest BCUT2D eigenvalue weighted by molar-refractivity contribution is -0.254. The normalized spacial score (nSPS) is 18.5. The van der Waals surface area contributed by atoms with Crippen molar-refractivity contribution in [1.82, 2.24) is 4.98 Å². The third-order valence-corrected chi connectivity index (χ3v) is 4.69. The molecule has 21 heavy (non-hydrogen) atoms. The van der Waals surface area contributed by atoms with Crippen LogP contribution in [0.3, 0.4) is 0 Å². The molecule has 1 aromatic carbocycles. The van der Waals surface area contributed by atoms with Gasteiger partial charge in [0, 0.05) is 16.6 Å². The average Bonchev–Trinajstić information content (AvgIpc) is 2.42. The van der Waals surface area contributed by atoms with E-state index in [2.05, 4.69) is 25.8 Å². The summed E-state index contributed by atoms with van der Waals surface area (Å²) in [5.41, 5.74) is 3.11. The molecule has 0 bridgehead atoms. The van der Waals surface area contributed by atoms with Gasteiger partial charge < -0.3 is 9.90 Å². The summed E-state index contributed by atoms with van der Waals surface area (Å²) in [5.74, 6) is -0.606. The van der Waals surface area contributed by atoms with Crippen molar-refractivity contribution in [3.05, 3.63) is 41.1 Å². The molecule has 1 aliphatic carbocycles. The number of carboxylic acids is 1. The summed E-state index contributed by atoms with van der Waals surface area (Å²) in [6.07, 6.45) is 2.69. The maximum Gasteiger partial charge on any atom is 0.0725 e. The average molecular weight is 282 g/mol. The molecule has 0 saturated heterocycles. The molecule has 1 aromatic heterocycles. The highest BCUT2D eigenvalue weighted by Crippen LogP contribution is 2.39. The predicted octanol–water partition coefficient (Wildman–Crippen LogP) is 2.75. The molecule has 0 aliphatic heterocycles. The minimum absolute atomic E-state index is 0.173. The van der Waals surface area contributed by atoms with Crippen LogP contribution in [0.5, 0.6) is 0 Å². The van der Waals surface area contributed by atoms with E-state index >= 15 is 0 Å². The highest BCUT2D eigenvalue weighted by molar-refractivity contribution is 6.03. The second-order valence-electron chi connectivity index (χ2n) is 7.02. The Bertz CT molecular complexity index is 713. The van der Waals surface area contributed by atoms with Crippen molar-refractivity contribution in [1.29, 1.82) is 0 Å². The van der Waals surface area contributed by atoms with Crippen LogP contribution < -0.4 is 5.11 Å². The molecule has 0 saturated carbocycles. The predicted molar refractivity (Wildman–Crippen MR) is 81.0 cm³/mol. The molecule has 2 aromatic rings. The quantitative estimate of drug-likeness (QED) is 0.808. The number of carbonyl (C=O) groups excluding carboxylic acids is 1. The van der Waals surface area contributed by atoms with Gasteiger partial charge in [0.05, 0.1) is 11.5 Å². The number of aromatic nitrogens is 1. The summed E-state index contributed by atoms with van der Waals surface area (Å²) in [7, 11) is 0. The van der Waals surface area contributed by atoms with E-state index in [4.69, 9.17) is 0 Å².